The summed E-state index contributed by atoms with van der Waals surface area (Å²) in [4.78, 5) is 3.44. The van der Waals surface area contributed by atoms with Gasteiger partial charge in [0, 0.05) is 10.4 Å². The van der Waals surface area contributed by atoms with E-state index in [1.165, 1.54) is 5.56 Å². The summed E-state index contributed by atoms with van der Waals surface area (Å²) in [6.45, 7) is 0. The van der Waals surface area contributed by atoms with Crippen molar-refractivity contribution in [3.8, 4) is 0 Å². The molecule has 1 aliphatic carbocycles. The highest BCUT2D eigenvalue weighted by molar-refractivity contribution is 7.10. The van der Waals surface area contributed by atoms with Crippen LogP contribution in [0, 0.1) is 0 Å². The van der Waals surface area contributed by atoms with E-state index in [9.17, 15) is 5.11 Å². The fraction of sp³-hybridized carbons (Fsp3) is 0.444. The molecule has 1 aromatic carbocycles. The molecule has 0 saturated heterocycles. The van der Waals surface area contributed by atoms with Gasteiger partial charge in [-0.2, -0.15) is 0 Å². The van der Waals surface area contributed by atoms with Gasteiger partial charge in [-0.1, -0.05) is 36.4 Å². The van der Waals surface area contributed by atoms with Crippen molar-refractivity contribution in [2.75, 3.05) is 14.1 Å². The summed E-state index contributed by atoms with van der Waals surface area (Å²) in [5.41, 5.74) is 0.774. The van der Waals surface area contributed by atoms with Crippen LogP contribution in [0.5, 0.6) is 0 Å². The van der Waals surface area contributed by atoms with Crippen LogP contribution in [0.1, 0.15) is 36.1 Å². The summed E-state index contributed by atoms with van der Waals surface area (Å²) in [6.07, 6.45) is 3.61. The average Bonchev–Trinajstić information content (AvgIpc) is 3.04. The fourth-order valence-electron chi connectivity index (χ4n) is 3.61. The zero-order valence-electron chi connectivity index (χ0n) is 12.7. The summed E-state index contributed by atoms with van der Waals surface area (Å²) in [7, 11) is 4.31. The number of hydrogen-bond acceptors (Lipinski definition) is 3. The molecule has 112 valence electrons. The van der Waals surface area contributed by atoms with Crippen LogP contribution in [0.4, 0.5) is 0 Å². The van der Waals surface area contributed by atoms with Gasteiger partial charge in [-0.25, -0.2) is 0 Å². The van der Waals surface area contributed by atoms with Gasteiger partial charge in [0.1, 0.15) is 0 Å². The second-order valence-electron chi connectivity index (χ2n) is 6.30. The second-order valence-corrected chi connectivity index (χ2v) is 7.25. The first-order valence-electron chi connectivity index (χ1n) is 7.56. The third-order valence-corrected chi connectivity index (χ3v) is 6.11. The summed E-state index contributed by atoms with van der Waals surface area (Å²) >= 11 is 1.67. The number of thiophene rings is 1. The first kappa shape index (κ1) is 14.8. The lowest BCUT2D eigenvalue weighted by atomic mass is 9.69. The molecule has 0 aliphatic heterocycles. The Labute approximate surface area is 131 Å². The molecule has 1 aromatic heterocycles. The van der Waals surface area contributed by atoms with Gasteiger partial charge in [0.25, 0.3) is 0 Å². The maximum atomic E-state index is 11.0. The lowest BCUT2D eigenvalue weighted by Gasteiger charge is -2.48. The van der Waals surface area contributed by atoms with Gasteiger partial charge in [0.15, 0.2) is 0 Å². The molecular weight excluding hydrogens is 278 g/mol. The average molecular weight is 301 g/mol. The highest BCUT2D eigenvalue weighted by Crippen LogP contribution is 2.48. The van der Waals surface area contributed by atoms with Gasteiger partial charge < -0.3 is 5.11 Å². The molecule has 21 heavy (non-hydrogen) atoms. The molecule has 0 bridgehead atoms. The Bertz CT molecular complexity index is 569. The Morgan fingerprint density at radius 2 is 1.62 bits per heavy atom. The Morgan fingerprint density at radius 3 is 2.14 bits per heavy atom. The molecule has 3 rings (SSSR count). The monoisotopic (exact) mass is 301 g/mol. The molecule has 0 amide bonds. The zero-order valence-corrected chi connectivity index (χ0v) is 13.6. The minimum Gasteiger partial charge on any atom is -0.384 e. The van der Waals surface area contributed by atoms with Crippen molar-refractivity contribution >= 4 is 11.3 Å². The van der Waals surface area contributed by atoms with Crippen LogP contribution in [-0.2, 0) is 11.1 Å². The number of aliphatic hydroxyl groups is 1. The van der Waals surface area contributed by atoms with Gasteiger partial charge in [0.2, 0.25) is 0 Å². The third-order valence-electron chi connectivity index (χ3n) is 5.05. The van der Waals surface area contributed by atoms with E-state index in [-0.39, 0.29) is 5.54 Å². The smallest absolute Gasteiger partial charge is 0.0989 e. The molecule has 2 aromatic rings. The van der Waals surface area contributed by atoms with Gasteiger partial charge in [0.05, 0.1) is 5.60 Å². The molecule has 0 radical (unpaired) electrons. The third kappa shape index (κ3) is 2.54. The molecule has 1 N–H and O–H groups in total. The lowest BCUT2D eigenvalue weighted by molar-refractivity contribution is -0.0484. The number of rotatable bonds is 3. The molecule has 1 heterocycles. The van der Waals surface area contributed by atoms with Crippen LogP contribution in [0.2, 0.25) is 0 Å². The van der Waals surface area contributed by atoms with E-state index in [1.807, 2.05) is 6.07 Å². The van der Waals surface area contributed by atoms with E-state index >= 15 is 0 Å². The van der Waals surface area contributed by atoms with Crippen molar-refractivity contribution in [2.24, 2.45) is 0 Å². The Morgan fingerprint density at radius 1 is 0.952 bits per heavy atom. The van der Waals surface area contributed by atoms with E-state index in [2.05, 4.69) is 60.8 Å². The van der Waals surface area contributed by atoms with Crippen LogP contribution in [0.3, 0.4) is 0 Å². The molecule has 0 atom stereocenters. The summed E-state index contributed by atoms with van der Waals surface area (Å²) < 4.78 is 0. The summed E-state index contributed by atoms with van der Waals surface area (Å²) in [5.74, 6) is 0. The van der Waals surface area contributed by atoms with E-state index < -0.39 is 5.60 Å². The summed E-state index contributed by atoms with van der Waals surface area (Å²) in [6, 6.07) is 14.8. The van der Waals surface area contributed by atoms with E-state index in [0.29, 0.717) is 0 Å². The second kappa shape index (κ2) is 5.56. The standard InChI is InChI=1S/C18H23NOS/c1-19(2)17(15-7-4-3-5-8-15)10-12-18(20,13-11-17)16-9-6-14-21-16/h3-9,14,20H,10-13H2,1-2H3. The topological polar surface area (TPSA) is 23.5 Å². The van der Waals surface area contributed by atoms with Gasteiger partial charge >= 0.3 is 0 Å². The van der Waals surface area contributed by atoms with E-state index in [0.717, 1.165) is 30.6 Å². The van der Waals surface area contributed by atoms with Crippen molar-refractivity contribution < 1.29 is 5.11 Å². The van der Waals surface area contributed by atoms with Crippen molar-refractivity contribution in [3.63, 3.8) is 0 Å². The van der Waals surface area contributed by atoms with E-state index in [4.69, 9.17) is 0 Å². The predicted molar refractivity (Wildman–Crippen MR) is 88.5 cm³/mol. The molecule has 0 spiro atoms. The van der Waals surface area contributed by atoms with Crippen LogP contribution in [0.25, 0.3) is 0 Å². The van der Waals surface area contributed by atoms with Crippen molar-refractivity contribution in [1.29, 1.82) is 0 Å². The Hall–Kier alpha value is -1.16. The lowest BCUT2D eigenvalue weighted by Crippen LogP contribution is -2.47. The molecule has 0 unspecified atom stereocenters. The first-order chi connectivity index (χ1) is 10.1. The minimum absolute atomic E-state index is 0.0464. The molecule has 2 nitrogen and oxygen atoms in total. The highest BCUT2D eigenvalue weighted by atomic mass is 32.1. The quantitative estimate of drug-likeness (QED) is 0.927. The molecule has 1 saturated carbocycles. The Kier molecular flexibility index (Phi) is 3.91. The van der Waals surface area contributed by atoms with E-state index in [1.54, 1.807) is 11.3 Å². The Balaban J connectivity index is 1.88. The van der Waals surface area contributed by atoms with Crippen LogP contribution in [-0.4, -0.2) is 24.1 Å². The maximum Gasteiger partial charge on any atom is 0.0989 e. The SMILES string of the molecule is CN(C)C1(c2ccccc2)CCC(O)(c2cccs2)CC1. The first-order valence-corrected chi connectivity index (χ1v) is 8.44. The van der Waals surface area contributed by atoms with Gasteiger partial charge in [-0.05, 0) is 56.8 Å². The van der Waals surface area contributed by atoms with Crippen LogP contribution >= 0.6 is 11.3 Å². The molecule has 1 aliphatic rings. The number of benzene rings is 1. The van der Waals surface area contributed by atoms with Crippen LogP contribution < -0.4 is 0 Å². The van der Waals surface area contributed by atoms with Crippen molar-refractivity contribution in [3.05, 3.63) is 58.3 Å². The molecular formula is C18H23NOS. The fourth-order valence-corrected chi connectivity index (χ4v) is 4.49. The van der Waals surface area contributed by atoms with Crippen LogP contribution in [0.15, 0.2) is 47.8 Å². The predicted octanol–water partition coefficient (Wildman–Crippen LogP) is 3.97. The zero-order chi connectivity index (χ0) is 14.9. The highest BCUT2D eigenvalue weighted by Gasteiger charge is 2.45. The van der Waals surface area contributed by atoms with Crippen molar-refractivity contribution in [2.45, 2.75) is 36.8 Å². The number of nitrogens with zero attached hydrogens (tertiary/aromatic N) is 1. The molecule has 1 fully saturated rings. The van der Waals surface area contributed by atoms with Crippen molar-refractivity contribution in [1.82, 2.24) is 4.90 Å². The summed E-state index contributed by atoms with van der Waals surface area (Å²) in [5, 5.41) is 13.0. The van der Waals surface area contributed by atoms with Gasteiger partial charge in [-0.15, -0.1) is 11.3 Å². The molecule has 3 heteroatoms. The normalized spacial score (nSPS) is 29.7. The minimum atomic E-state index is -0.636. The largest absolute Gasteiger partial charge is 0.384 e. The maximum absolute atomic E-state index is 11.0. The van der Waals surface area contributed by atoms with Gasteiger partial charge in [-0.3, -0.25) is 4.90 Å². The number of hydrogen-bond donors (Lipinski definition) is 1.